The maximum absolute atomic E-state index is 6.82. The zero-order valence-corrected chi connectivity index (χ0v) is 32.5. The summed E-state index contributed by atoms with van der Waals surface area (Å²) >= 11 is 0. The summed E-state index contributed by atoms with van der Waals surface area (Å²) in [6, 6.07) is 63.6. The van der Waals surface area contributed by atoms with Gasteiger partial charge in [0.25, 0.3) is 13.4 Å². The van der Waals surface area contributed by atoms with Crippen LogP contribution in [0.15, 0.2) is 170 Å². The third-order valence-electron chi connectivity index (χ3n) is 14.9. The van der Waals surface area contributed by atoms with Crippen molar-refractivity contribution in [3.63, 3.8) is 0 Å². The van der Waals surface area contributed by atoms with E-state index in [1.54, 1.807) is 0 Å². The number of anilines is 3. The Morgan fingerprint density at radius 3 is 1.16 bits per heavy atom. The first kappa shape index (κ1) is 30.2. The molecule has 0 saturated carbocycles. The fraction of sp³-hybridized carbons (Fsp3) is 0. The number of fused-ring (bicyclic) bond motifs is 15. The van der Waals surface area contributed by atoms with Crippen LogP contribution in [-0.2, 0) is 0 Å². The highest BCUT2D eigenvalue weighted by Crippen LogP contribution is 2.56. The fourth-order valence-electron chi connectivity index (χ4n) is 13.0. The molecule has 0 amide bonds. The van der Waals surface area contributed by atoms with Crippen molar-refractivity contribution in [1.29, 1.82) is 0 Å². The third-order valence-corrected chi connectivity index (χ3v) is 14.9. The molecule has 0 aliphatic carbocycles. The fourth-order valence-corrected chi connectivity index (χ4v) is 13.0. The molecule has 0 bridgehead atoms. The maximum atomic E-state index is 6.82. The van der Waals surface area contributed by atoms with Crippen molar-refractivity contribution < 1.29 is 4.74 Å². The van der Waals surface area contributed by atoms with Gasteiger partial charge in [-0.2, -0.15) is 0 Å². The van der Waals surface area contributed by atoms with Gasteiger partial charge in [-0.1, -0.05) is 133 Å². The SMILES string of the molecule is c1ccc2c(c1)Oc1ccccc1N2c1c2c3c4c5c1-n1c6ccccc6c6cccc(c61)B5c1cccc5c6cccc(c6n-4c15)B3c1cccc3c4ccccc4n-2c13. The summed E-state index contributed by atoms with van der Waals surface area (Å²) in [5.74, 6) is 1.70. The molecule has 276 valence electrons. The Kier molecular flexibility index (Phi) is 4.91. The van der Waals surface area contributed by atoms with Crippen molar-refractivity contribution in [2.45, 2.75) is 0 Å². The minimum Gasteiger partial charge on any atom is -0.453 e. The number of ether oxygens (including phenoxy) is 1. The van der Waals surface area contributed by atoms with E-state index in [9.17, 15) is 0 Å². The van der Waals surface area contributed by atoms with E-state index in [1.807, 2.05) is 0 Å². The Balaban J connectivity index is 1.23. The van der Waals surface area contributed by atoms with Crippen molar-refractivity contribution in [1.82, 2.24) is 13.7 Å². The summed E-state index contributed by atoms with van der Waals surface area (Å²) < 4.78 is 14.8. The lowest BCUT2D eigenvalue weighted by Crippen LogP contribution is -2.66. The molecule has 3 aromatic heterocycles. The van der Waals surface area contributed by atoms with E-state index in [-0.39, 0.29) is 13.4 Å². The van der Waals surface area contributed by atoms with Gasteiger partial charge in [0.15, 0.2) is 11.5 Å². The first-order chi connectivity index (χ1) is 30.3. The van der Waals surface area contributed by atoms with Crippen LogP contribution >= 0.6 is 0 Å². The van der Waals surface area contributed by atoms with Crippen molar-refractivity contribution in [3.05, 3.63) is 170 Å². The molecule has 17 rings (SSSR count). The van der Waals surface area contributed by atoms with Crippen LogP contribution in [0.5, 0.6) is 11.5 Å². The summed E-state index contributed by atoms with van der Waals surface area (Å²) in [5.41, 5.74) is 23.0. The minimum absolute atomic E-state index is 0.00222. The van der Waals surface area contributed by atoms with Crippen LogP contribution in [0.4, 0.5) is 17.1 Å². The van der Waals surface area contributed by atoms with Crippen molar-refractivity contribution >= 4 is 129 Å². The normalized spacial score (nSPS) is 14.3. The topological polar surface area (TPSA) is 27.3 Å². The molecular formula is C54H28B2N4O. The van der Waals surface area contributed by atoms with Gasteiger partial charge < -0.3 is 18.4 Å². The van der Waals surface area contributed by atoms with E-state index in [2.05, 4.69) is 188 Å². The smallest absolute Gasteiger partial charge is 0.252 e. The number of para-hydroxylation sites is 10. The van der Waals surface area contributed by atoms with Gasteiger partial charge in [0, 0.05) is 60.1 Å². The number of nitrogens with zero attached hydrogens (tertiary/aromatic N) is 4. The Morgan fingerprint density at radius 1 is 0.311 bits per heavy atom. The van der Waals surface area contributed by atoms with E-state index in [1.165, 1.54) is 121 Å². The molecule has 0 fully saturated rings. The van der Waals surface area contributed by atoms with Crippen LogP contribution in [0.3, 0.4) is 0 Å². The van der Waals surface area contributed by atoms with Crippen molar-refractivity contribution in [2.24, 2.45) is 0 Å². The zero-order valence-electron chi connectivity index (χ0n) is 32.5. The highest BCUT2D eigenvalue weighted by molar-refractivity contribution is 7.04. The van der Waals surface area contributed by atoms with Gasteiger partial charge in [0.1, 0.15) is 0 Å². The lowest BCUT2D eigenvalue weighted by Gasteiger charge is -2.45. The molecule has 0 radical (unpaired) electrons. The number of aromatic nitrogens is 3. The summed E-state index contributed by atoms with van der Waals surface area (Å²) in [5, 5.41) is 7.78. The molecular weight excluding hydrogens is 742 g/mol. The number of rotatable bonds is 1. The standard InChI is InChI=1S/C54H28B2N4O/c1-3-23-39-29(13-1)31-15-9-19-35-47(31)58(39)52-45-51-46-53(54(52)57-41-25-5-7-27-43(41)61-44-28-8-6-26-42(44)57)59-40-24-4-2-14-30(40)32-16-10-20-36(48(32)59)56(46)38-22-12-18-34-33-17-11-21-37(55(35)45)49(33)60(51)50(34)38/h1-28H. The molecule has 7 heteroatoms. The highest BCUT2D eigenvalue weighted by Gasteiger charge is 2.51. The first-order valence-electron chi connectivity index (χ1n) is 21.4. The maximum Gasteiger partial charge on any atom is 0.252 e. The van der Waals surface area contributed by atoms with Crippen LogP contribution in [0.25, 0.3) is 82.5 Å². The molecule has 12 aromatic rings. The largest absolute Gasteiger partial charge is 0.453 e. The van der Waals surface area contributed by atoms with Gasteiger partial charge >= 0.3 is 0 Å². The van der Waals surface area contributed by atoms with E-state index in [4.69, 9.17) is 4.74 Å². The predicted molar refractivity (Wildman–Crippen MR) is 254 cm³/mol. The monoisotopic (exact) mass is 770 g/mol. The van der Waals surface area contributed by atoms with Crippen LogP contribution < -0.4 is 42.4 Å². The molecule has 5 aliphatic rings. The molecule has 0 N–H and O–H groups in total. The van der Waals surface area contributed by atoms with Gasteiger partial charge in [-0.25, -0.2) is 0 Å². The van der Waals surface area contributed by atoms with Crippen molar-refractivity contribution in [3.8, 4) is 28.6 Å². The first-order valence-corrected chi connectivity index (χ1v) is 21.4. The summed E-state index contributed by atoms with van der Waals surface area (Å²) in [6.07, 6.45) is 0. The lowest BCUT2D eigenvalue weighted by molar-refractivity contribution is 0.477. The zero-order chi connectivity index (χ0) is 39.0. The average Bonchev–Trinajstić information content (AvgIpc) is 3.96. The van der Waals surface area contributed by atoms with Crippen LogP contribution in [-0.4, -0.2) is 27.1 Å². The second-order valence-corrected chi connectivity index (χ2v) is 17.5. The van der Waals surface area contributed by atoms with Gasteiger partial charge in [0.05, 0.1) is 39.5 Å². The average molecular weight is 770 g/mol. The molecule has 8 heterocycles. The Bertz CT molecular complexity index is 3880. The molecule has 0 saturated heterocycles. The van der Waals surface area contributed by atoms with Crippen LogP contribution in [0, 0.1) is 0 Å². The molecule has 0 unspecified atom stereocenters. The summed E-state index contributed by atoms with van der Waals surface area (Å²) in [6.45, 7) is 0.00444. The second kappa shape index (κ2) is 9.93. The Labute approximate surface area is 349 Å². The van der Waals surface area contributed by atoms with E-state index in [0.717, 1.165) is 22.9 Å². The number of hydrogen-bond donors (Lipinski definition) is 0. The number of hydrogen-bond acceptors (Lipinski definition) is 2. The van der Waals surface area contributed by atoms with Gasteiger partial charge in [-0.05, 0) is 69.2 Å². The van der Waals surface area contributed by atoms with E-state index in [0.29, 0.717) is 0 Å². The second-order valence-electron chi connectivity index (χ2n) is 17.5. The Morgan fingerprint density at radius 2 is 0.689 bits per heavy atom. The molecule has 61 heavy (non-hydrogen) atoms. The minimum atomic E-state index is 0.00222. The lowest BCUT2D eigenvalue weighted by atomic mass is 9.30. The van der Waals surface area contributed by atoms with Gasteiger partial charge in [-0.3, -0.25) is 4.90 Å². The molecule has 5 nitrogen and oxygen atoms in total. The molecule has 0 spiro atoms. The van der Waals surface area contributed by atoms with E-state index < -0.39 is 0 Å². The third kappa shape index (κ3) is 3.14. The molecule has 5 aliphatic heterocycles. The Hall–Kier alpha value is -7.89. The highest BCUT2D eigenvalue weighted by atomic mass is 16.5. The van der Waals surface area contributed by atoms with Crippen LogP contribution in [0.1, 0.15) is 0 Å². The quantitative estimate of drug-likeness (QED) is 0.156. The van der Waals surface area contributed by atoms with Crippen molar-refractivity contribution in [2.75, 3.05) is 4.90 Å². The molecule has 9 aromatic carbocycles. The van der Waals surface area contributed by atoms with Gasteiger partial charge in [0.2, 0.25) is 0 Å². The predicted octanol–water partition coefficient (Wildman–Crippen LogP) is 8.84. The molecule has 0 atom stereocenters. The van der Waals surface area contributed by atoms with Crippen LogP contribution in [0.2, 0.25) is 0 Å². The summed E-state index contributed by atoms with van der Waals surface area (Å²) in [4.78, 5) is 2.56. The van der Waals surface area contributed by atoms with E-state index >= 15 is 0 Å². The number of benzene rings is 9. The summed E-state index contributed by atoms with van der Waals surface area (Å²) in [7, 11) is 0. The van der Waals surface area contributed by atoms with Gasteiger partial charge in [-0.15, -0.1) is 0 Å².